The normalized spacial score (nSPS) is 17.7. The highest BCUT2D eigenvalue weighted by Gasteiger charge is 2.35. The van der Waals surface area contributed by atoms with E-state index in [0.717, 1.165) is 11.1 Å². The van der Waals surface area contributed by atoms with Crippen molar-refractivity contribution in [3.63, 3.8) is 0 Å². The molecule has 2 aromatic carbocycles. The van der Waals surface area contributed by atoms with E-state index in [9.17, 15) is 0 Å². The second-order valence-electron chi connectivity index (χ2n) is 8.11. The summed E-state index contributed by atoms with van der Waals surface area (Å²) in [5.74, 6) is 0. The monoisotopic (exact) mass is 357 g/mol. The molecule has 1 atom stereocenters. The van der Waals surface area contributed by atoms with E-state index in [4.69, 9.17) is 0 Å². The lowest BCUT2D eigenvalue weighted by Gasteiger charge is -2.37. The van der Waals surface area contributed by atoms with E-state index in [1.165, 1.54) is 36.1 Å². The van der Waals surface area contributed by atoms with Crippen LogP contribution >= 0.6 is 0 Å². The zero-order chi connectivity index (χ0) is 18.9. The Morgan fingerprint density at radius 1 is 0.815 bits per heavy atom. The predicted molar refractivity (Wildman–Crippen MR) is 111 cm³/mol. The summed E-state index contributed by atoms with van der Waals surface area (Å²) in [7, 11) is 0. The van der Waals surface area contributed by atoms with Gasteiger partial charge in [-0.2, -0.15) is 0 Å². The highest BCUT2D eigenvalue weighted by Crippen LogP contribution is 2.36. The summed E-state index contributed by atoms with van der Waals surface area (Å²) in [4.78, 5) is 10.8. The second-order valence-corrected chi connectivity index (χ2v) is 8.11. The van der Waals surface area contributed by atoms with E-state index >= 15 is 0 Å². The highest BCUT2D eigenvalue weighted by molar-refractivity contribution is 5.69. The molecule has 3 heteroatoms. The minimum absolute atomic E-state index is 0.301. The fourth-order valence-electron chi connectivity index (χ4n) is 4.28. The molecule has 138 valence electrons. The Balaban J connectivity index is 1.52. The quantitative estimate of drug-likeness (QED) is 0.595. The molecule has 0 saturated carbocycles. The molecular formula is C24H27N3. The number of hydrogen-bond acceptors (Lipinski definition) is 3. The molecule has 3 nitrogen and oxygen atoms in total. The number of nitrogens with zero attached hydrogens (tertiary/aromatic N) is 3. The van der Waals surface area contributed by atoms with Crippen molar-refractivity contribution < 1.29 is 0 Å². The Morgan fingerprint density at radius 2 is 1.33 bits per heavy atom. The van der Waals surface area contributed by atoms with Crippen LogP contribution in [0.3, 0.4) is 0 Å². The molecule has 0 amide bonds. The molecule has 3 aromatic rings. The van der Waals surface area contributed by atoms with E-state index in [0.29, 0.717) is 11.6 Å². The van der Waals surface area contributed by atoms with Crippen LogP contribution in [-0.4, -0.2) is 27.0 Å². The van der Waals surface area contributed by atoms with Gasteiger partial charge in [-0.3, -0.25) is 4.90 Å². The van der Waals surface area contributed by atoms with Crippen molar-refractivity contribution in [3.8, 4) is 22.3 Å². The SMILES string of the molecule is CC(c1ccc(-c2ccc(-c3cncnc3)cc2)cc1)N1CCCC1(C)C. The molecular weight excluding hydrogens is 330 g/mol. The van der Waals surface area contributed by atoms with Gasteiger partial charge in [0, 0.05) is 29.5 Å². The average Bonchev–Trinajstić information content (AvgIpc) is 3.07. The maximum atomic E-state index is 4.10. The molecule has 1 aliphatic heterocycles. The molecule has 1 aliphatic rings. The van der Waals surface area contributed by atoms with Crippen LogP contribution < -0.4 is 0 Å². The molecule has 2 heterocycles. The average molecular weight is 358 g/mol. The lowest BCUT2D eigenvalue weighted by Crippen LogP contribution is -2.39. The van der Waals surface area contributed by atoms with Gasteiger partial charge in [-0.25, -0.2) is 9.97 Å². The van der Waals surface area contributed by atoms with E-state index < -0.39 is 0 Å². The van der Waals surface area contributed by atoms with Crippen molar-refractivity contribution in [2.75, 3.05) is 6.54 Å². The molecule has 4 rings (SSSR count). The summed E-state index contributed by atoms with van der Waals surface area (Å²) < 4.78 is 0. The van der Waals surface area contributed by atoms with Crippen LogP contribution in [0.5, 0.6) is 0 Å². The largest absolute Gasteiger partial charge is 0.291 e. The first-order valence-corrected chi connectivity index (χ1v) is 9.77. The van der Waals surface area contributed by atoms with E-state index in [-0.39, 0.29) is 0 Å². The van der Waals surface area contributed by atoms with Crippen LogP contribution in [0.2, 0.25) is 0 Å². The number of hydrogen-bond donors (Lipinski definition) is 0. The van der Waals surface area contributed by atoms with Gasteiger partial charge in [-0.05, 0) is 62.4 Å². The van der Waals surface area contributed by atoms with E-state index in [1.807, 2.05) is 12.4 Å². The van der Waals surface area contributed by atoms with Gasteiger partial charge in [0.1, 0.15) is 6.33 Å². The lowest BCUT2D eigenvalue weighted by atomic mass is 9.96. The van der Waals surface area contributed by atoms with Crippen LogP contribution in [0.4, 0.5) is 0 Å². The maximum Gasteiger partial charge on any atom is 0.115 e. The first-order chi connectivity index (χ1) is 13.0. The third-order valence-corrected chi connectivity index (χ3v) is 5.94. The predicted octanol–water partition coefficient (Wildman–Crippen LogP) is 5.75. The van der Waals surface area contributed by atoms with Crippen LogP contribution in [-0.2, 0) is 0 Å². The van der Waals surface area contributed by atoms with Crippen LogP contribution in [0.1, 0.15) is 45.2 Å². The van der Waals surface area contributed by atoms with Crippen molar-refractivity contribution in [1.82, 2.24) is 14.9 Å². The fraction of sp³-hybridized carbons (Fsp3) is 0.333. The number of benzene rings is 2. The third kappa shape index (κ3) is 3.65. The van der Waals surface area contributed by atoms with Crippen LogP contribution in [0.25, 0.3) is 22.3 Å². The topological polar surface area (TPSA) is 29.0 Å². The summed E-state index contributed by atoms with van der Waals surface area (Å²) in [6, 6.07) is 18.1. The first kappa shape index (κ1) is 17.9. The van der Waals surface area contributed by atoms with Crippen molar-refractivity contribution in [3.05, 3.63) is 72.8 Å². The Hall–Kier alpha value is -2.52. The summed E-state index contributed by atoms with van der Waals surface area (Å²) in [6.45, 7) is 8.26. The van der Waals surface area contributed by atoms with E-state index in [1.54, 1.807) is 6.33 Å². The summed E-state index contributed by atoms with van der Waals surface area (Å²) >= 11 is 0. The molecule has 1 saturated heterocycles. The number of likely N-dealkylation sites (tertiary alicyclic amines) is 1. The summed E-state index contributed by atoms with van der Waals surface area (Å²) in [6.07, 6.45) is 7.84. The number of rotatable bonds is 4. The molecule has 0 aliphatic carbocycles. The fourth-order valence-corrected chi connectivity index (χ4v) is 4.28. The molecule has 1 unspecified atom stereocenters. The van der Waals surface area contributed by atoms with Gasteiger partial charge in [-0.15, -0.1) is 0 Å². The maximum absolute atomic E-state index is 4.10. The Kier molecular flexibility index (Phi) is 4.79. The molecule has 0 N–H and O–H groups in total. The molecule has 0 spiro atoms. The standard InChI is InChI=1S/C24H27N3/c1-18(27-14-4-13-24(27,2)3)19-5-7-20(8-6-19)21-9-11-22(12-10-21)23-15-25-17-26-16-23/h5-12,15-18H,4,13-14H2,1-3H3. The summed E-state index contributed by atoms with van der Waals surface area (Å²) in [5.41, 5.74) is 6.36. The molecule has 0 bridgehead atoms. The van der Waals surface area contributed by atoms with Crippen molar-refractivity contribution >= 4 is 0 Å². The molecule has 1 fully saturated rings. The Labute approximate surface area is 162 Å². The van der Waals surface area contributed by atoms with Gasteiger partial charge < -0.3 is 0 Å². The van der Waals surface area contributed by atoms with Gasteiger partial charge in [0.25, 0.3) is 0 Å². The zero-order valence-corrected chi connectivity index (χ0v) is 16.4. The number of aromatic nitrogens is 2. The van der Waals surface area contributed by atoms with Crippen molar-refractivity contribution in [2.45, 2.75) is 45.2 Å². The Morgan fingerprint density at radius 3 is 1.85 bits per heavy atom. The van der Waals surface area contributed by atoms with Crippen molar-refractivity contribution in [2.24, 2.45) is 0 Å². The van der Waals surface area contributed by atoms with Gasteiger partial charge in [0.15, 0.2) is 0 Å². The van der Waals surface area contributed by atoms with Crippen LogP contribution in [0.15, 0.2) is 67.3 Å². The van der Waals surface area contributed by atoms with E-state index in [2.05, 4.69) is 84.2 Å². The molecule has 1 aromatic heterocycles. The minimum Gasteiger partial charge on any atom is -0.291 e. The Bertz CT molecular complexity index is 883. The summed E-state index contributed by atoms with van der Waals surface area (Å²) in [5, 5.41) is 0. The van der Waals surface area contributed by atoms with Gasteiger partial charge in [0.2, 0.25) is 0 Å². The smallest absolute Gasteiger partial charge is 0.115 e. The van der Waals surface area contributed by atoms with Gasteiger partial charge in [-0.1, -0.05) is 48.5 Å². The second kappa shape index (κ2) is 7.24. The van der Waals surface area contributed by atoms with Crippen LogP contribution in [0, 0.1) is 0 Å². The molecule has 0 radical (unpaired) electrons. The van der Waals surface area contributed by atoms with Gasteiger partial charge >= 0.3 is 0 Å². The first-order valence-electron chi connectivity index (χ1n) is 9.77. The third-order valence-electron chi connectivity index (χ3n) is 5.94. The van der Waals surface area contributed by atoms with Gasteiger partial charge in [0.05, 0.1) is 0 Å². The van der Waals surface area contributed by atoms with Crippen molar-refractivity contribution in [1.29, 1.82) is 0 Å². The zero-order valence-electron chi connectivity index (χ0n) is 16.4. The highest BCUT2D eigenvalue weighted by atomic mass is 15.2. The molecule has 27 heavy (non-hydrogen) atoms. The minimum atomic E-state index is 0.301. The lowest BCUT2D eigenvalue weighted by molar-refractivity contribution is 0.125.